The molecule has 0 aromatic carbocycles. The Balaban J connectivity index is 1.53. The first-order chi connectivity index (χ1) is 16.0. The Morgan fingerprint density at radius 3 is 2.82 bits per heavy atom. The third-order valence-electron chi connectivity index (χ3n) is 6.64. The zero-order valence-electron chi connectivity index (χ0n) is 18.7. The first-order valence-electron chi connectivity index (χ1n) is 11.7. The molecule has 1 N–H and O–H groups in total. The first kappa shape index (κ1) is 22.6. The number of nitrogens with one attached hydrogen (secondary N) is 1. The lowest BCUT2D eigenvalue weighted by Crippen LogP contribution is -2.39. The molecule has 4 heterocycles. The van der Waals surface area contributed by atoms with E-state index in [4.69, 9.17) is 21.9 Å². The molecular weight excluding hydrogens is 456 g/mol. The average Bonchev–Trinajstić information content (AvgIpc) is 3.43. The van der Waals surface area contributed by atoms with E-state index in [1.807, 2.05) is 19.1 Å². The van der Waals surface area contributed by atoms with Crippen LogP contribution < -0.4 is 10.9 Å². The molecule has 3 aliphatic rings. The lowest BCUT2D eigenvalue weighted by Gasteiger charge is -2.29. The number of aromatic nitrogens is 2. The molecule has 1 amide bonds. The third kappa shape index (κ3) is 4.46. The molecule has 1 atom stereocenters. The molecule has 1 saturated carbocycles. The number of fused-ring (bicyclic) bond motifs is 1. The third-order valence-corrected chi connectivity index (χ3v) is 7.97. The zero-order chi connectivity index (χ0) is 22.9. The number of hydrogen-bond acceptors (Lipinski definition) is 7. The van der Waals surface area contributed by atoms with Gasteiger partial charge in [0.1, 0.15) is 15.8 Å². The van der Waals surface area contributed by atoms with Gasteiger partial charge in [-0.3, -0.25) is 18.9 Å². The molecule has 0 bridgehead atoms. The zero-order valence-corrected chi connectivity index (χ0v) is 20.3. The van der Waals surface area contributed by atoms with Crippen molar-refractivity contribution in [1.29, 1.82) is 0 Å². The SMILES string of the molecule is Cc1cccn2c(=O)c(/C=C3\SC(=S)N(C4CCCCC4)C3=O)c(NC[C@@H]3CCCO3)nc12. The highest BCUT2D eigenvalue weighted by Crippen LogP contribution is 2.37. The Labute approximate surface area is 202 Å². The van der Waals surface area contributed by atoms with Crippen molar-refractivity contribution in [2.24, 2.45) is 0 Å². The van der Waals surface area contributed by atoms with Crippen LogP contribution in [0.3, 0.4) is 0 Å². The van der Waals surface area contributed by atoms with Crippen LogP contribution in [0, 0.1) is 6.92 Å². The van der Waals surface area contributed by atoms with Crippen LogP contribution in [0.4, 0.5) is 5.82 Å². The second-order valence-electron chi connectivity index (χ2n) is 8.92. The topological polar surface area (TPSA) is 75.9 Å². The Morgan fingerprint density at radius 2 is 2.06 bits per heavy atom. The number of carbonyl (C=O) groups excluding carboxylic acids is 1. The van der Waals surface area contributed by atoms with E-state index in [0.717, 1.165) is 50.7 Å². The molecule has 2 aromatic heterocycles. The maximum absolute atomic E-state index is 13.5. The highest BCUT2D eigenvalue weighted by Gasteiger charge is 2.37. The highest BCUT2D eigenvalue weighted by atomic mass is 32.2. The lowest BCUT2D eigenvalue weighted by atomic mass is 9.94. The van der Waals surface area contributed by atoms with Crippen LogP contribution in [0.5, 0.6) is 0 Å². The van der Waals surface area contributed by atoms with Gasteiger partial charge in [0.2, 0.25) is 0 Å². The quantitative estimate of drug-likeness (QED) is 0.505. The first-order valence-corrected chi connectivity index (χ1v) is 12.9. The van der Waals surface area contributed by atoms with E-state index in [9.17, 15) is 9.59 Å². The number of ether oxygens (including phenoxy) is 1. The number of rotatable bonds is 5. The number of thioether (sulfide) groups is 1. The van der Waals surface area contributed by atoms with Gasteiger partial charge in [-0.15, -0.1) is 0 Å². The van der Waals surface area contributed by atoms with Crippen molar-refractivity contribution in [1.82, 2.24) is 14.3 Å². The summed E-state index contributed by atoms with van der Waals surface area (Å²) in [6.45, 7) is 3.26. The molecule has 174 valence electrons. The van der Waals surface area contributed by atoms with Crippen molar-refractivity contribution in [2.45, 2.75) is 64.0 Å². The second kappa shape index (κ2) is 9.56. The molecule has 0 unspecified atom stereocenters. The van der Waals surface area contributed by atoms with Gasteiger partial charge >= 0.3 is 0 Å². The van der Waals surface area contributed by atoms with E-state index in [-0.39, 0.29) is 23.6 Å². The maximum atomic E-state index is 13.5. The summed E-state index contributed by atoms with van der Waals surface area (Å²) in [7, 11) is 0. The monoisotopic (exact) mass is 484 g/mol. The van der Waals surface area contributed by atoms with Crippen LogP contribution in [0.15, 0.2) is 28.0 Å². The normalized spacial score (nSPS) is 23.2. The maximum Gasteiger partial charge on any atom is 0.267 e. The van der Waals surface area contributed by atoms with Crippen molar-refractivity contribution in [3.8, 4) is 0 Å². The van der Waals surface area contributed by atoms with Crippen LogP contribution in [-0.4, -0.2) is 49.8 Å². The molecular formula is C24H28N4O3S2. The minimum Gasteiger partial charge on any atom is -0.376 e. The largest absolute Gasteiger partial charge is 0.376 e. The van der Waals surface area contributed by atoms with Crippen molar-refractivity contribution in [3.63, 3.8) is 0 Å². The molecule has 2 aliphatic heterocycles. The molecule has 2 saturated heterocycles. The summed E-state index contributed by atoms with van der Waals surface area (Å²) < 4.78 is 7.85. The van der Waals surface area contributed by atoms with Crippen LogP contribution in [0.2, 0.25) is 0 Å². The van der Waals surface area contributed by atoms with Gasteiger partial charge in [-0.2, -0.15) is 0 Å². The average molecular weight is 485 g/mol. The fourth-order valence-corrected chi connectivity index (χ4v) is 6.24. The fourth-order valence-electron chi connectivity index (χ4n) is 4.86. The van der Waals surface area contributed by atoms with Crippen LogP contribution in [0.25, 0.3) is 11.7 Å². The Morgan fingerprint density at radius 1 is 1.24 bits per heavy atom. The summed E-state index contributed by atoms with van der Waals surface area (Å²) in [5, 5.41) is 3.33. The van der Waals surface area contributed by atoms with E-state index in [1.165, 1.54) is 18.2 Å². The van der Waals surface area contributed by atoms with Crippen molar-refractivity contribution >= 4 is 51.7 Å². The number of carbonyl (C=O) groups is 1. The van der Waals surface area contributed by atoms with E-state index < -0.39 is 0 Å². The predicted octanol–water partition coefficient (Wildman–Crippen LogP) is 4.13. The van der Waals surface area contributed by atoms with Gasteiger partial charge in [-0.25, -0.2) is 4.98 Å². The second-order valence-corrected chi connectivity index (χ2v) is 10.6. The van der Waals surface area contributed by atoms with Crippen molar-refractivity contribution in [2.75, 3.05) is 18.5 Å². The summed E-state index contributed by atoms with van der Waals surface area (Å²) in [4.78, 5) is 33.8. The lowest BCUT2D eigenvalue weighted by molar-refractivity contribution is -0.124. The molecule has 9 heteroatoms. The molecule has 3 fully saturated rings. The molecule has 7 nitrogen and oxygen atoms in total. The molecule has 0 radical (unpaired) electrons. The Kier molecular flexibility index (Phi) is 6.53. The van der Waals surface area contributed by atoms with Crippen molar-refractivity contribution < 1.29 is 9.53 Å². The highest BCUT2D eigenvalue weighted by molar-refractivity contribution is 8.26. The van der Waals surface area contributed by atoms with E-state index >= 15 is 0 Å². The van der Waals surface area contributed by atoms with Crippen LogP contribution in [0.1, 0.15) is 56.1 Å². The number of hydrogen-bond donors (Lipinski definition) is 1. The van der Waals surface area contributed by atoms with E-state index in [0.29, 0.717) is 32.8 Å². The Hall–Kier alpha value is -2.23. The minimum absolute atomic E-state index is 0.0967. The summed E-state index contributed by atoms with van der Waals surface area (Å²) in [5.41, 5.74) is 1.68. The van der Waals surface area contributed by atoms with Gasteiger partial charge in [0.05, 0.1) is 16.6 Å². The van der Waals surface area contributed by atoms with Gasteiger partial charge < -0.3 is 10.1 Å². The number of aryl methyl sites for hydroxylation is 1. The van der Waals surface area contributed by atoms with Crippen molar-refractivity contribution in [3.05, 3.63) is 44.7 Å². The number of anilines is 1. The number of thiocarbonyl (C=S) groups is 1. The summed E-state index contributed by atoms with van der Waals surface area (Å²) in [6, 6.07) is 3.92. The van der Waals surface area contributed by atoms with Gasteiger partial charge in [0, 0.05) is 25.4 Å². The molecule has 1 aliphatic carbocycles. The standard InChI is InChI=1S/C24H28N4O3S2/c1-15-7-5-11-27-21(15)26-20(25-14-17-10-6-12-31-17)18(22(27)29)13-19-23(30)28(24(32)33-19)16-8-3-2-4-9-16/h5,7,11,13,16-17,25H,2-4,6,8-10,12,14H2,1H3/b19-13-/t17-/m0/s1. The van der Waals surface area contributed by atoms with Gasteiger partial charge in [-0.05, 0) is 50.3 Å². The summed E-state index contributed by atoms with van der Waals surface area (Å²) >= 11 is 6.85. The molecule has 2 aromatic rings. The summed E-state index contributed by atoms with van der Waals surface area (Å²) in [6.07, 6.45) is 10.9. The summed E-state index contributed by atoms with van der Waals surface area (Å²) in [5.74, 6) is 0.378. The van der Waals surface area contributed by atoms with E-state index in [1.54, 1.807) is 21.6 Å². The Bertz CT molecular complexity index is 1180. The van der Waals surface area contributed by atoms with E-state index in [2.05, 4.69) is 5.32 Å². The molecule has 0 spiro atoms. The molecule has 33 heavy (non-hydrogen) atoms. The number of pyridine rings is 1. The number of nitrogens with zero attached hydrogens (tertiary/aromatic N) is 3. The van der Waals surface area contributed by atoms with Crippen LogP contribution in [-0.2, 0) is 9.53 Å². The fraction of sp³-hybridized carbons (Fsp3) is 0.500. The molecule has 5 rings (SSSR count). The predicted molar refractivity (Wildman–Crippen MR) is 136 cm³/mol. The van der Waals surface area contributed by atoms with Gasteiger partial charge in [0.15, 0.2) is 0 Å². The van der Waals surface area contributed by atoms with Crippen LogP contribution >= 0.6 is 24.0 Å². The van der Waals surface area contributed by atoms with Gasteiger partial charge in [0.25, 0.3) is 11.5 Å². The minimum atomic E-state index is -0.207. The number of amides is 1. The van der Waals surface area contributed by atoms with Gasteiger partial charge in [-0.1, -0.05) is 49.3 Å². The smallest absolute Gasteiger partial charge is 0.267 e.